The number of carboxylic acids is 1. The zero-order valence-corrected chi connectivity index (χ0v) is 50.5. The van der Waals surface area contributed by atoms with Gasteiger partial charge in [-0.05, 0) is 140 Å². The van der Waals surface area contributed by atoms with E-state index >= 15 is 0 Å². The maximum atomic E-state index is 13.7. The fraction of sp³-hybridized carbons (Fsp3) is 0.459. The summed E-state index contributed by atoms with van der Waals surface area (Å²) in [6.45, 7) is 13.5. The number of para-hydroxylation sites is 1. The van der Waals surface area contributed by atoms with Crippen LogP contribution < -0.4 is 37.2 Å². The molecular weight excluding hydrogens is 1140 g/mol. The van der Waals surface area contributed by atoms with E-state index in [9.17, 15) is 42.3 Å². The van der Waals surface area contributed by atoms with Crippen LogP contribution in [0.15, 0.2) is 85.1 Å². The Morgan fingerprint density at radius 3 is 2.26 bits per heavy atom. The minimum Gasteiger partial charge on any atom is -0.476 e. The van der Waals surface area contributed by atoms with E-state index in [-0.39, 0.29) is 47.6 Å². The van der Waals surface area contributed by atoms with Crippen molar-refractivity contribution in [1.29, 1.82) is 0 Å². The molecule has 5 aliphatic rings. The Morgan fingerprint density at radius 2 is 1.56 bits per heavy atom. The van der Waals surface area contributed by atoms with Gasteiger partial charge in [0.05, 0.1) is 34.4 Å². The summed E-state index contributed by atoms with van der Waals surface area (Å²) in [5.41, 5.74) is 11.3. The molecule has 0 spiro atoms. The number of nitrogens with two attached hydrogens (primary N) is 1. The highest BCUT2D eigenvalue weighted by Crippen LogP contribution is 2.72. The van der Waals surface area contributed by atoms with Gasteiger partial charge in [-0.1, -0.05) is 75.4 Å². The molecule has 4 aliphatic carbocycles. The Balaban J connectivity index is 0.716. The van der Waals surface area contributed by atoms with Gasteiger partial charge in [-0.25, -0.2) is 19.6 Å². The predicted octanol–water partition coefficient (Wildman–Crippen LogP) is 7.24. The number of nitrogens with one attached hydrogen (secondary N) is 5. The number of rotatable bonds is 22. The van der Waals surface area contributed by atoms with Crippen molar-refractivity contribution >= 4 is 84.0 Å². The highest BCUT2D eigenvalue weighted by molar-refractivity contribution is 7.85. The number of benzene rings is 3. The molecule has 4 heterocycles. The largest absolute Gasteiger partial charge is 0.476 e. The molecule has 456 valence electrons. The second-order valence-corrected chi connectivity index (χ2v) is 27.5. The fourth-order valence-corrected chi connectivity index (χ4v) is 15.9. The third-order valence-electron chi connectivity index (χ3n) is 17.1. The number of pyridine rings is 1. The fourth-order valence-electron chi connectivity index (χ4n) is 14.4. The van der Waals surface area contributed by atoms with Crippen molar-refractivity contribution in [2.75, 3.05) is 41.0 Å². The van der Waals surface area contributed by atoms with E-state index in [0.29, 0.717) is 64.9 Å². The second kappa shape index (κ2) is 24.1. The number of aromatic carboxylic acids is 1. The van der Waals surface area contributed by atoms with Crippen LogP contribution in [-0.4, -0.2) is 123 Å². The first kappa shape index (κ1) is 61.3. The van der Waals surface area contributed by atoms with Crippen molar-refractivity contribution in [3.05, 3.63) is 119 Å². The minimum absolute atomic E-state index is 0.0184. The Kier molecular flexibility index (Phi) is 17.2. The number of nitrogens with zero attached hydrogens (tertiary/aromatic N) is 5. The summed E-state index contributed by atoms with van der Waals surface area (Å²) in [7, 11) is -4.54. The number of aromatic nitrogens is 4. The summed E-state index contributed by atoms with van der Waals surface area (Å²) in [6.07, 6.45) is 7.45. The molecule has 3 aromatic heterocycles. The third kappa shape index (κ3) is 13.7. The van der Waals surface area contributed by atoms with Gasteiger partial charge in [0.1, 0.15) is 30.6 Å². The standard InChI is InChI=1S/C61H73N11O12S2/c1-35(2)49(69-53(75)45(62)27-86(80,81)82)54(76)65-36(3)51(73)66-40-16-14-38(15-17-40)26-83-57(79)63-21-23-84-61-31-58(5)28-59(6,32-61)30-60(29-58,33-61)34-72-37(4)43(24-64-72)41-18-19-48(68-50(41)55(77)78)71-22-20-39-10-9-11-42(44(39)25-71)52(74)70-56-67-46-12-7-8-13-47(46)85-56/h7-19,24,35-36,45,49H,20-23,25-34,62H2,1-6H3,(H,63,79)(H,65,76)(H,66,73)(H,69,75)(H,77,78)(H,67,70,74)(H,80,81,82). The molecule has 25 heteroatoms. The quantitative estimate of drug-likeness (QED) is 0.0245. The second-order valence-electron chi connectivity index (χ2n) is 24.9. The number of carboxylic acid groups (broad SMARTS) is 1. The SMILES string of the molecule is Cc1c(-c2ccc(N3CCc4cccc(C(=O)Nc5nc6ccccc6s5)c4C3)nc2C(=O)O)cnn1CC12CC3(C)CC(C)(C1)CC(OCCNC(=O)OCc1ccc(NC(=O)C(C)NC(=O)C(NC(=O)C(N)CS(=O)(=O)O)C(C)C)cc1)(C3)C2. The number of hydrogen-bond acceptors (Lipinski definition) is 16. The lowest BCUT2D eigenvalue weighted by Crippen LogP contribution is -2.64. The first-order chi connectivity index (χ1) is 40.7. The Hall–Kier alpha value is -7.84. The number of thiazole rings is 1. The van der Waals surface area contributed by atoms with Crippen molar-refractivity contribution in [1.82, 2.24) is 35.7 Å². The molecule has 1 aliphatic heterocycles. The van der Waals surface area contributed by atoms with Crippen molar-refractivity contribution < 1.29 is 56.3 Å². The molecule has 5 unspecified atom stereocenters. The summed E-state index contributed by atoms with van der Waals surface area (Å²) < 4.78 is 46.8. The number of carbonyl (C=O) groups excluding carboxylic acids is 5. The van der Waals surface area contributed by atoms with Crippen LogP contribution in [0, 0.1) is 29.1 Å². The molecule has 86 heavy (non-hydrogen) atoms. The van der Waals surface area contributed by atoms with Crippen LogP contribution in [0.3, 0.4) is 0 Å². The number of ether oxygens (including phenoxy) is 2. The zero-order valence-electron chi connectivity index (χ0n) is 48.9. The molecule has 6 aromatic rings. The van der Waals surface area contributed by atoms with Crippen LogP contribution in [0.25, 0.3) is 21.3 Å². The van der Waals surface area contributed by atoms with Gasteiger partial charge in [0.25, 0.3) is 16.0 Å². The summed E-state index contributed by atoms with van der Waals surface area (Å²) >= 11 is 1.41. The summed E-state index contributed by atoms with van der Waals surface area (Å²) in [4.78, 5) is 89.6. The molecule has 5 amide bonds. The number of fused-ring (bicyclic) bond motifs is 2. The molecule has 3 aromatic carbocycles. The van der Waals surface area contributed by atoms with Crippen LogP contribution in [0.2, 0.25) is 0 Å². The van der Waals surface area contributed by atoms with E-state index < -0.39 is 75.3 Å². The van der Waals surface area contributed by atoms with Gasteiger partial charge in [-0.2, -0.15) is 13.5 Å². The van der Waals surface area contributed by atoms with Gasteiger partial charge in [0, 0.05) is 54.3 Å². The van der Waals surface area contributed by atoms with E-state index in [1.54, 1.807) is 50.4 Å². The van der Waals surface area contributed by atoms with E-state index in [1.807, 2.05) is 65.0 Å². The van der Waals surface area contributed by atoms with Crippen LogP contribution in [-0.2, 0) is 60.1 Å². The van der Waals surface area contributed by atoms with Crippen molar-refractivity contribution in [2.45, 2.75) is 130 Å². The maximum Gasteiger partial charge on any atom is 0.407 e. The van der Waals surface area contributed by atoms with Crippen molar-refractivity contribution in [3.63, 3.8) is 0 Å². The highest BCUT2D eigenvalue weighted by Gasteiger charge is 2.66. The molecule has 9 N–H and O–H groups in total. The van der Waals surface area contributed by atoms with E-state index in [2.05, 4.69) is 45.4 Å². The minimum atomic E-state index is -4.54. The first-order valence-electron chi connectivity index (χ1n) is 28.7. The number of hydrogen-bond donors (Lipinski definition) is 8. The summed E-state index contributed by atoms with van der Waals surface area (Å²) in [5.74, 6) is -4.63. The van der Waals surface area contributed by atoms with Gasteiger partial charge >= 0.3 is 12.1 Å². The number of alkyl carbamates (subject to hydrolysis) is 1. The number of amides is 5. The Labute approximate surface area is 502 Å². The van der Waals surface area contributed by atoms with Gasteiger partial charge in [-0.3, -0.25) is 33.7 Å². The third-order valence-corrected chi connectivity index (χ3v) is 18.8. The normalized spacial score (nSPS) is 22.4. The van der Waals surface area contributed by atoms with E-state index in [1.165, 1.54) is 18.3 Å². The molecule has 23 nitrogen and oxygen atoms in total. The summed E-state index contributed by atoms with van der Waals surface area (Å²) in [6, 6.07) is 19.9. The molecule has 4 fully saturated rings. The molecule has 4 saturated carbocycles. The van der Waals surface area contributed by atoms with Gasteiger partial charge in [0.2, 0.25) is 17.7 Å². The average molecular weight is 1220 g/mol. The Morgan fingerprint density at radius 1 is 0.826 bits per heavy atom. The first-order valence-corrected chi connectivity index (χ1v) is 31.2. The molecule has 4 bridgehead atoms. The predicted molar refractivity (Wildman–Crippen MR) is 323 cm³/mol. The van der Waals surface area contributed by atoms with Crippen LogP contribution >= 0.6 is 11.3 Å². The molecule has 0 radical (unpaired) electrons. The molecule has 0 saturated heterocycles. The van der Waals surface area contributed by atoms with E-state index in [4.69, 9.17) is 29.8 Å². The Bertz CT molecular complexity index is 3690. The molecule has 11 rings (SSSR count). The lowest BCUT2D eigenvalue weighted by atomic mass is 9.39. The van der Waals surface area contributed by atoms with Crippen LogP contribution in [0.1, 0.15) is 116 Å². The highest BCUT2D eigenvalue weighted by atomic mass is 32.2. The zero-order chi connectivity index (χ0) is 61.5. The summed E-state index contributed by atoms with van der Waals surface area (Å²) in [5, 5.41) is 29.5. The van der Waals surface area contributed by atoms with E-state index in [0.717, 1.165) is 65.6 Å². The monoisotopic (exact) mass is 1220 g/mol. The van der Waals surface area contributed by atoms with Crippen molar-refractivity contribution in [2.24, 2.45) is 27.9 Å². The lowest BCUT2D eigenvalue weighted by molar-refractivity contribution is -0.247. The number of carbonyl (C=O) groups is 6. The van der Waals surface area contributed by atoms with Gasteiger partial charge < -0.3 is 46.5 Å². The average Bonchev–Trinajstić information content (AvgIpc) is 0.705. The topological polar surface area (TPSA) is 328 Å². The molecule has 5 atom stereocenters. The van der Waals surface area contributed by atoms with Crippen molar-refractivity contribution in [3.8, 4) is 11.1 Å². The molecular formula is C61H73N11O12S2. The lowest BCUT2D eigenvalue weighted by Gasteiger charge is -2.69. The smallest absolute Gasteiger partial charge is 0.407 e. The number of anilines is 3. The van der Waals surface area contributed by atoms with Gasteiger partial charge in [0.15, 0.2) is 10.8 Å². The van der Waals surface area contributed by atoms with Crippen LogP contribution in [0.5, 0.6) is 0 Å². The van der Waals surface area contributed by atoms with Crippen LogP contribution in [0.4, 0.5) is 21.4 Å². The van der Waals surface area contributed by atoms with Gasteiger partial charge in [-0.15, -0.1) is 0 Å². The maximum absolute atomic E-state index is 13.7.